The van der Waals surface area contributed by atoms with Crippen molar-refractivity contribution in [1.29, 1.82) is 0 Å². The first-order valence-corrected chi connectivity index (χ1v) is 11.0. The summed E-state index contributed by atoms with van der Waals surface area (Å²) < 4.78 is 14.3. The van der Waals surface area contributed by atoms with Gasteiger partial charge >= 0.3 is 0 Å². The minimum atomic E-state index is 0.259. The van der Waals surface area contributed by atoms with Gasteiger partial charge in [0.1, 0.15) is 29.3 Å². The number of benzene rings is 1. The number of likely N-dealkylation sites (tertiary alicyclic amines) is 1. The summed E-state index contributed by atoms with van der Waals surface area (Å²) >= 11 is 0. The summed E-state index contributed by atoms with van der Waals surface area (Å²) in [5, 5.41) is 12.3. The fourth-order valence-electron chi connectivity index (χ4n) is 4.90. The summed E-state index contributed by atoms with van der Waals surface area (Å²) in [7, 11) is 0. The van der Waals surface area contributed by atoms with Crippen molar-refractivity contribution in [2.45, 2.75) is 64.8 Å². The average Bonchev–Trinajstić information content (AvgIpc) is 3.31. The molecule has 4 heterocycles. The Balaban J connectivity index is 1.26. The maximum Gasteiger partial charge on any atom is 0.147 e. The third-order valence-electron chi connectivity index (χ3n) is 6.38. The van der Waals surface area contributed by atoms with Crippen molar-refractivity contribution >= 4 is 0 Å². The van der Waals surface area contributed by atoms with Gasteiger partial charge in [0.25, 0.3) is 0 Å². The van der Waals surface area contributed by atoms with Gasteiger partial charge < -0.3 is 19.4 Å². The highest BCUT2D eigenvalue weighted by atomic mass is 16.5. The molecule has 0 amide bonds. The first-order chi connectivity index (χ1) is 14.2. The van der Waals surface area contributed by atoms with Crippen LogP contribution >= 0.6 is 0 Å². The molecule has 1 aromatic carbocycles. The Hall–Kier alpha value is -2.12. The van der Waals surface area contributed by atoms with E-state index in [1.54, 1.807) is 0 Å². The first-order valence-electron chi connectivity index (χ1n) is 11.0. The number of fused-ring (bicyclic) bond motifs is 2. The van der Waals surface area contributed by atoms with Gasteiger partial charge in [0, 0.05) is 43.1 Å². The molecule has 0 aliphatic carbocycles. The average molecular weight is 398 g/mol. The molecule has 3 aliphatic heterocycles. The predicted octanol–water partition coefficient (Wildman–Crippen LogP) is 2.48. The molecule has 0 saturated carbocycles. The van der Waals surface area contributed by atoms with Gasteiger partial charge in [0.15, 0.2) is 0 Å². The van der Waals surface area contributed by atoms with Crippen LogP contribution in [0.15, 0.2) is 12.1 Å². The van der Waals surface area contributed by atoms with Gasteiger partial charge in [-0.3, -0.25) is 4.90 Å². The lowest BCUT2D eigenvalue weighted by Crippen LogP contribution is -2.34. The van der Waals surface area contributed by atoms with Crippen LogP contribution < -0.4 is 14.8 Å². The van der Waals surface area contributed by atoms with Gasteiger partial charge in [0.05, 0.1) is 13.2 Å². The molecule has 2 aromatic rings. The van der Waals surface area contributed by atoms with E-state index in [4.69, 9.17) is 9.47 Å². The fourth-order valence-corrected chi connectivity index (χ4v) is 4.90. The molecule has 1 atom stereocenters. The van der Waals surface area contributed by atoms with E-state index in [1.807, 2.05) is 0 Å². The predicted molar refractivity (Wildman–Crippen MR) is 110 cm³/mol. The van der Waals surface area contributed by atoms with Crippen LogP contribution in [0, 0.1) is 0 Å². The van der Waals surface area contributed by atoms with E-state index in [9.17, 15) is 0 Å². The highest BCUT2D eigenvalue weighted by Gasteiger charge is 2.28. The normalized spacial score (nSPS) is 22.2. The Labute approximate surface area is 172 Å². The van der Waals surface area contributed by atoms with Crippen molar-refractivity contribution < 1.29 is 9.47 Å². The smallest absolute Gasteiger partial charge is 0.147 e. The first kappa shape index (κ1) is 18.9. The van der Waals surface area contributed by atoms with E-state index in [0.717, 1.165) is 75.9 Å². The lowest BCUT2D eigenvalue weighted by Gasteiger charge is -2.32. The van der Waals surface area contributed by atoms with Crippen LogP contribution in [0.25, 0.3) is 0 Å². The fraction of sp³-hybridized carbons (Fsp3) is 0.636. The minimum Gasteiger partial charge on any atom is -0.494 e. The van der Waals surface area contributed by atoms with E-state index in [1.165, 1.54) is 17.0 Å². The van der Waals surface area contributed by atoms with Crippen molar-refractivity contribution in [3.05, 3.63) is 34.9 Å². The Kier molecular flexibility index (Phi) is 5.18. The molecule has 1 saturated heterocycles. The molecule has 1 aromatic heterocycles. The maximum absolute atomic E-state index is 5.99. The molecular formula is C22H31N5O2. The molecule has 0 bridgehead atoms. The second kappa shape index (κ2) is 7.95. The van der Waals surface area contributed by atoms with Crippen LogP contribution in [0.4, 0.5) is 0 Å². The number of piperidine rings is 1. The van der Waals surface area contributed by atoms with E-state index in [-0.39, 0.29) is 6.10 Å². The highest BCUT2D eigenvalue weighted by Crippen LogP contribution is 2.36. The van der Waals surface area contributed by atoms with Crippen molar-refractivity contribution in [3.8, 4) is 11.5 Å². The van der Waals surface area contributed by atoms with Crippen LogP contribution in [-0.4, -0.2) is 52.0 Å². The molecule has 7 nitrogen and oxygen atoms in total. The third-order valence-corrected chi connectivity index (χ3v) is 6.38. The summed E-state index contributed by atoms with van der Waals surface area (Å²) in [6, 6.07) is 4.40. The van der Waals surface area contributed by atoms with Gasteiger partial charge in [-0.25, -0.2) is 0 Å². The van der Waals surface area contributed by atoms with E-state index in [2.05, 4.69) is 51.0 Å². The number of nitrogens with one attached hydrogen (secondary N) is 1. The molecule has 1 fully saturated rings. The second-order valence-electron chi connectivity index (χ2n) is 8.49. The Morgan fingerprint density at radius 1 is 1.21 bits per heavy atom. The maximum atomic E-state index is 5.99. The van der Waals surface area contributed by atoms with Gasteiger partial charge in [0.2, 0.25) is 0 Å². The van der Waals surface area contributed by atoms with Crippen molar-refractivity contribution in [2.75, 3.05) is 26.2 Å². The molecule has 5 rings (SSSR count). The summed E-state index contributed by atoms with van der Waals surface area (Å²) in [5.74, 6) is 4.85. The van der Waals surface area contributed by atoms with E-state index < -0.39 is 0 Å². The zero-order valence-electron chi connectivity index (χ0n) is 17.5. The Bertz CT molecular complexity index is 872. The van der Waals surface area contributed by atoms with Crippen LogP contribution in [0.3, 0.4) is 0 Å². The molecule has 7 heteroatoms. The third kappa shape index (κ3) is 3.73. The van der Waals surface area contributed by atoms with E-state index in [0.29, 0.717) is 12.5 Å². The van der Waals surface area contributed by atoms with Crippen LogP contribution in [0.5, 0.6) is 11.5 Å². The molecule has 1 N–H and O–H groups in total. The number of aromatic nitrogens is 3. The number of nitrogens with zero attached hydrogens (tertiary/aromatic N) is 4. The molecule has 156 valence electrons. The molecule has 0 spiro atoms. The zero-order valence-corrected chi connectivity index (χ0v) is 17.5. The SMILES string of the molecule is CCOc1cc2c(cc1CN1CCC(c3nnc4n3CCNC4)CC1)O[C@H](C)C2. The van der Waals surface area contributed by atoms with Crippen LogP contribution in [0.1, 0.15) is 55.4 Å². The van der Waals surface area contributed by atoms with Crippen molar-refractivity contribution in [3.63, 3.8) is 0 Å². The topological polar surface area (TPSA) is 64.4 Å². The summed E-state index contributed by atoms with van der Waals surface area (Å²) in [5.41, 5.74) is 2.51. The van der Waals surface area contributed by atoms with Crippen molar-refractivity contribution in [1.82, 2.24) is 25.0 Å². The van der Waals surface area contributed by atoms with Gasteiger partial charge in [-0.2, -0.15) is 0 Å². The van der Waals surface area contributed by atoms with Crippen LogP contribution in [0.2, 0.25) is 0 Å². The monoisotopic (exact) mass is 397 g/mol. The molecule has 3 aliphatic rings. The van der Waals surface area contributed by atoms with Gasteiger partial charge in [-0.1, -0.05) is 0 Å². The van der Waals surface area contributed by atoms with Crippen molar-refractivity contribution in [2.24, 2.45) is 0 Å². The second-order valence-corrected chi connectivity index (χ2v) is 8.49. The molecule has 29 heavy (non-hydrogen) atoms. The summed E-state index contributed by atoms with van der Waals surface area (Å²) in [6.45, 7) is 10.8. The lowest BCUT2D eigenvalue weighted by molar-refractivity contribution is 0.196. The quantitative estimate of drug-likeness (QED) is 0.836. The lowest BCUT2D eigenvalue weighted by atomic mass is 9.95. The number of hydrogen-bond donors (Lipinski definition) is 1. The van der Waals surface area contributed by atoms with E-state index >= 15 is 0 Å². The zero-order chi connectivity index (χ0) is 19.8. The molecule has 0 unspecified atom stereocenters. The highest BCUT2D eigenvalue weighted by molar-refractivity contribution is 5.48. The van der Waals surface area contributed by atoms with Crippen LogP contribution in [-0.2, 0) is 26.1 Å². The minimum absolute atomic E-state index is 0.259. The number of hydrogen-bond acceptors (Lipinski definition) is 6. The molecule has 0 radical (unpaired) electrons. The molecular weight excluding hydrogens is 366 g/mol. The largest absolute Gasteiger partial charge is 0.494 e. The number of rotatable bonds is 5. The summed E-state index contributed by atoms with van der Waals surface area (Å²) in [4.78, 5) is 2.54. The Morgan fingerprint density at radius 3 is 2.90 bits per heavy atom. The van der Waals surface area contributed by atoms with Gasteiger partial charge in [-0.15, -0.1) is 10.2 Å². The standard InChI is InChI=1S/C22H31N5O2/c1-3-28-19-11-17-10-15(2)29-20(17)12-18(19)14-26-7-4-16(5-8-26)22-25-24-21-13-23-6-9-27(21)22/h11-12,15-16,23H,3-10,13-14H2,1-2H3/t15-/m1/s1. The van der Waals surface area contributed by atoms with Gasteiger partial charge in [-0.05, 0) is 51.9 Å². The Morgan fingerprint density at radius 2 is 2.07 bits per heavy atom. The number of ether oxygens (including phenoxy) is 2. The summed E-state index contributed by atoms with van der Waals surface area (Å²) in [6.07, 6.45) is 3.50.